The van der Waals surface area contributed by atoms with Crippen molar-refractivity contribution in [2.24, 2.45) is 0 Å². The summed E-state index contributed by atoms with van der Waals surface area (Å²) in [6.07, 6.45) is 5.95. The van der Waals surface area contributed by atoms with Crippen LogP contribution >= 0.6 is 0 Å². The van der Waals surface area contributed by atoms with Crippen molar-refractivity contribution in [3.8, 4) is 5.69 Å². The minimum Gasteiger partial charge on any atom is -0.356 e. The summed E-state index contributed by atoms with van der Waals surface area (Å²) in [5.41, 5.74) is 1.20. The first-order valence-corrected chi connectivity index (χ1v) is 6.71. The molecule has 1 saturated heterocycles. The molecule has 18 heavy (non-hydrogen) atoms. The fraction of sp³-hybridized carbons (Fsp3) is 0.400. The smallest absolute Gasteiger partial charge is 0.133 e. The summed E-state index contributed by atoms with van der Waals surface area (Å²) in [6, 6.07) is 10.5. The summed E-state index contributed by atoms with van der Waals surface area (Å²) in [4.78, 5) is 6.94. The highest BCUT2D eigenvalue weighted by molar-refractivity contribution is 5.48. The van der Waals surface area contributed by atoms with Gasteiger partial charge in [-0.05, 0) is 38.3 Å². The summed E-state index contributed by atoms with van der Waals surface area (Å²) in [7, 11) is 0. The topological polar surface area (TPSA) is 21.1 Å². The number of hydrogen-bond acceptors (Lipinski definition) is 2. The van der Waals surface area contributed by atoms with Crippen LogP contribution in [0.15, 0.2) is 36.5 Å². The Morgan fingerprint density at radius 2 is 1.72 bits per heavy atom. The summed E-state index contributed by atoms with van der Waals surface area (Å²) >= 11 is 0. The van der Waals surface area contributed by atoms with E-state index in [0.717, 1.165) is 18.9 Å². The van der Waals surface area contributed by atoms with E-state index in [1.807, 2.05) is 6.20 Å². The average molecular weight is 241 g/mol. The number of anilines is 1. The molecule has 3 heteroatoms. The highest BCUT2D eigenvalue weighted by Crippen LogP contribution is 2.24. The van der Waals surface area contributed by atoms with Crippen LogP contribution in [0, 0.1) is 6.92 Å². The summed E-state index contributed by atoms with van der Waals surface area (Å²) < 4.78 is 2.26. The molecule has 3 rings (SSSR count). The van der Waals surface area contributed by atoms with Crippen LogP contribution in [0.25, 0.3) is 5.69 Å². The number of aromatic nitrogens is 2. The molecule has 0 saturated carbocycles. The van der Waals surface area contributed by atoms with Gasteiger partial charge >= 0.3 is 0 Å². The van der Waals surface area contributed by atoms with Crippen LogP contribution in [-0.2, 0) is 0 Å². The second-order valence-electron chi connectivity index (χ2n) is 4.88. The molecule has 0 unspecified atom stereocenters. The van der Waals surface area contributed by atoms with Gasteiger partial charge in [-0.15, -0.1) is 0 Å². The number of rotatable bonds is 2. The predicted molar refractivity (Wildman–Crippen MR) is 74.4 cm³/mol. The highest BCUT2D eigenvalue weighted by Gasteiger charge is 2.17. The van der Waals surface area contributed by atoms with Gasteiger partial charge in [-0.2, -0.15) is 0 Å². The lowest BCUT2D eigenvalue weighted by atomic mass is 10.1. The molecule has 1 aromatic heterocycles. The third-order valence-corrected chi connectivity index (χ3v) is 3.61. The average Bonchev–Trinajstić information content (AvgIpc) is 2.83. The molecule has 0 spiro atoms. The zero-order valence-corrected chi connectivity index (χ0v) is 10.8. The van der Waals surface area contributed by atoms with Crippen LogP contribution in [0.5, 0.6) is 0 Å². The lowest BCUT2D eigenvalue weighted by Gasteiger charge is -2.29. The van der Waals surface area contributed by atoms with Crippen molar-refractivity contribution < 1.29 is 0 Å². The first-order valence-electron chi connectivity index (χ1n) is 6.71. The first kappa shape index (κ1) is 11.3. The SMILES string of the molecule is Cc1ncc(N2CCCCC2)n1-c1ccccc1. The minimum absolute atomic E-state index is 1.06. The highest BCUT2D eigenvalue weighted by atomic mass is 15.3. The van der Waals surface area contributed by atoms with E-state index in [4.69, 9.17) is 0 Å². The van der Waals surface area contributed by atoms with Gasteiger partial charge in [0.15, 0.2) is 0 Å². The third kappa shape index (κ3) is 2.01. The fourth-order valence-corrected chi connectivity index (χ4v) is 2.67. The molecule has 2 aromatic rings. The molecule has 0 radical (unpaired) electrons. The largest absolute Gasteiger partial charge is 0.356 e. The van der Waals surface area contributed by atoms with Crippen molar-refractivity contribution >= 4 is 5.82 Å². The van der Waals surface area contributed by atoms with Gasteiger partial charge in [0.25, 0.3) is 0 Å². The van der Waals surface area contributed by atoms with E-state index in [9.17, 15) is 0 Å². The molecule has 1 aliphatic rings. The number of imidazole rings is 1. The quantitative estimate of drug-likeness (QED) is 0.805. The Morgan fingerprint density at radius 3 is 2.44 bits per heavy atom. The Bertz CT molecular complexity index is 510. The normalized spacial score (nSPS) is 15.9. The standard InChI is InChI=1S/C15H19N3/c1-13-16-12-15(17-10-6-3-7-11-17)18(13)14-8-4-2-5-9-14/h2,4-5,8-9,12H,3,6-7,10-11H2,1H3. The maximum absolute atomic E-state index is 4.49. The van der Waals surface area contributed by atoms with Gasteiger partial charge in [0.05, 0.1) is 6.20 Å². The predicted octanol–water partition coefficient (Wildman–Crippen LogP) is 3.17. The number of para-hydroxylation sites is 1. The van der Waals surface area contributed by atoms with Gasteiger partial charge in [0.1, 0.15) is 11.6 Å². The Labute approximate surface area is 108 Å². The zero-order valence-electron chi connectivity index (χ0n) is 10.8. The number of piperidine rings is 1. The van der Waals surface area contributed by atoms with Crippen molar-refractivity contribution in [2.75, 3.05) is 18.0 Å². The van der Waals surface area contributed by atoms with Crippen molar-refractivity contribution in [1.29, 1.82) is 0 Å². The monoisotopic (exact) mass is 241 g/mol. The van der Waals surface area contributed by atoms with Crippen LogP contribution < -0.4 is 4.90 Å². The van der Waals surface area contributed by atoms with Crippen LogP contribution in [0.3, 0.4) is 0 Å². The van der Waals surface area contributed by atoms with Crippen LogP contribution in [0.1, 0.15) is 25.1 Å². The van der Waals surface area contributed by atoms with Gasteiger partial charge in [-0.25, -0.2) is 4.98 Å². The number of aryl methyl sites for hydroxylation is 1. The molecule has 3 nitrogen and oxygen atoms in total. The Morgan fingerprint density at radius 1 is 1.00 bits per heavy atom. The van der Waals surface area contributed by atoms with Gasteiger partial charge in [0, 0.05) is 18.8 Å². The van der Waals surface area contributed by atoms with E-state index in [2.05, 4.69) is 51.7 Å². The zero-order chi connectivity index (χ0) is 12.4. The van der Waals surface area contributed by atoms with Gasteiger partial charge < -0.3 is 4.90 Å². The van der Waals surface area contributed by atoms with Crippen molar-refractivity contribution in [1.82, 2.24) is 9.55 Å². The van der Waals surface area contributed by atoms with Gasteiger partial charge in [-0.1, -0.05) is 18.2 Å². The van der Waals surface area contributed by atoms with E-state index < -0.39 is 0 Å². The molecule has 0 bridgehead atoms. The van der Waals surface area contributed by atoms with Crippen molar-refractivity contribution in [2.45, 2.75) is 26.2 Å². The Kier molecular flexibility index (Phi) is 3.05. The lowest BCUT2D eigenvalue weighted by molar-refractivity contribution is 0.570. The Hall–Kier alpha value is -1.77. The number of nitrogens with zero attached hydrogens (tertiary/aromatic N) is 3. The maximum Gasteiger partial charge on any atom is 0.133 e. The first-order chi connectivity index (χ1) is 8.86. The summed E-state index contributed by atoms with van der Waals surface area (Å²) in [5.74, 6) is 2.29. The van der Waals surface area contributed by atoms with Crippen molar-refractivity contribution in [3.05, 3.63) is 42.4 Å². The number of benzene rings is 1. The molecule has 0 atom stereocenters. The molecule has 0 aliphatic carbocycles. The number of hydrogen-bond donors (Lipinski definition) is 0. The second-order valence-corrected chi connectivity index (χ2v) is 4.88. The van der Waals surface area contributed by atoms with Gasteiger partial charge in [0.2, 0.25) is 0 Å². The van der Waals surface area contributed by atoms with Crippen LogP contribution in [0.4, 0.5) is 5.82 Å². The molecule has 94 valence electrons. The van der Waals surface area contributed by atoms with Crippen molar-refractivity contribution in [3.63, 3.8) is 0 Å². The van der Waals surface area contributed by atoms with Crippen LogP contribution in [-0.4, -0.2) is 22.6 Å². The Balaban J connectivity index is 2.01. The fourth-order valence-electron chi connectivity index (χ4n) is 2.67. The second kappa shape index (κ2) is 4.84. The molecule has 1 fully saturated rings. The minimum atomic E-state index is 1.06. The van der Waals surface area contributed by atoms with E-state index >= 15 is 0 Å². The summed E-state index contributed by atoms with van der Waals surface area (Å²) in [6.45, 7) is 4.37. The molecule has 1 aliphatic heterocycles. The van der Waals surface area contributed by atoms with E-state index in [1.165, 1.54) is 30.8 Å². The molecular formula is C15H19N3. The van der Waals surface area contributed by atoms with Gasteiger partial charge in [-0.3, -0.25) is 4.57 Å². The van der Waals surface area contributed by atoms with E-state index in [1.54, 1.807) is 0 Å². The molecule has 2 heterocycles. The molecule has 0 amide bonds. The molecule has 1 aromatic carbocycles. The van der Waals surface area contributed by atoms with E-state index in [-0.39, 0.29) is 0 Å². The van der Waals surface area contributed by atoms with E-state index in [0.29, 0.717) is 0 Å². The maximum atomic E-state index is 4.49. The molecular weight excluding hydrogens is 222 g/mol. The molecule has 0 N–H and O–H groups in total. The lowest BCUT2D eigenvalue weighted by Crippen LogP contribution is -2.31. The third-order valence-electron chi connectivity index (χ3n) is 3.61. The van der Waals surface area contributed by atoms with Crippen LogP contribution in [0.2, 0.25) is 0 Å². The summed E-state index contributed by atoms with van der Waals surface area (Å²) in [5, 5.41) is 0.